The minimum atomic E-state index is -0.725. The van der Waals surface area contributed by atoms with E-state index in [2.05, 4.69) is 15.6 Å². The molecule has 0 aliphatic carbocycles. The summed E-state index contributed by atoms with van der Waals surface area (Å²) in [5.74, 6) is -1.83. The van der Waals surface area contributed by atoms with Crippen molar-refractivity contribution in [2.24, 2.45) is 0 Å². The van der Waals surface area contributed by atoms with Crippen molar-refractivity contribution in [2.75, 3.05) is 5.32 Å². The highest BCUT2D eigenvalue weighted by Crippen LogP contribution is 2.32. The van der Waals surface area contributed by atoms with Crippen LogP contribution in [-0.4, -0.2) is 39.6 Å². The second-order valence-corrected chi connectivity index (χ2v) is 7.96. The normalized spacial score (nSPS) is 18.1. The van der Waals surface area contributed by atoms with E-state index in [9.17, 15) is 23.6 Å². The molecule has 0 saturated carbocycles. The molecular weight excluding hydrogens is 415 g/mol. The van der Waals surface area contributed by atoms with Crippen LogP contribution in [0.25, 0.3) is 10.9 Å². The maximum Gasteiger partial charge on any atom is 0.255 e. The molecule has 2 aliphatic rings. The van der Waals surface area contributed by atoms with E-state index in [1.54, 1.807) is 30.5 Å². The maximum atomic E-state index is 13.6. The Morgan fingerprint density at radius 3 is 2.84 bits per heavy atom. The molecule has 1 saturated heterocycles. The molecule has 4 amide bonds. The van der Waals surface area contributed by atoms with E-state index in [4.69, 9.17) is 0 Å². The number of rotatable bonds is 4. The first-order valence-corrected chi connectivity index (χ1v) is 10.2. The predicted molar refractivity (Wildman–Crippen MR) is 113 cm³/mol. The summed E-state index contributed by atoms with van der Waals surface area (Å²) in [6.45, 7) is 0.162. The van der Waals surface area contributed by atoms with Crippen molar-refractivity contribution in [3.05, 3.63) is 65.1 Å². The average Bonchev–Trinajstić information content (AvgIpc) is 3.30. The lowest BCUT2D eigenvalue weighted by Crippen LogP contribution is -2.52. The van der Waals surface area contributed by atoms with Gasteiger partial charge < -0.3 is 15.2 Å². The summed E-state index contributed by atoms with van der Waals surface area (Å²) >= 11 is 0. The molecule has 3 N–H and O–H groups in total. The number of carbonyl (C=O) groups excluding carboxylic acids is 4. The van der Waals surface area contributed by atoms with E-state index in [1.165, 1.54) is 17.0 Å². The number of nitrogens with one attached hydrogen (secondary N) is 3. The smallest absolute Gasteiger partial charge is 0.255 e. The lowest BCUT2D eigenvalue weighted by atomic mass is 10.0. The van der Waals surface area contributed by atoms with Gasteiger partial charge >= 0.3 is 0 Å². The Bertz CT molecular complexity index is 1300. The van der Waals surface area contributed by atoms with Crippen molar-refractivity contribution in [3.63, 3.8) is 0 Å². The van der Waals surface area contributed by atoms with Crippen LogP contribution in [0.2, 0.25) is 0 Å². The third-order valence-electron chi connectivity index (χ3n) is 5.94. The highest BCUT2D eigenvalue weighted by atomic mass is 19.1. The zero-order valence-electron chi connectivity index (χ0n) is 16.9. The zero-order valence-corrected chi connectivity index (χ0v) is 16.9. The number of piperidine rings is 1. The number of fused-ring (bicyclic) bond motifs is 2. The summed E-state index contributed by atoms with van der Waals surface area (Å²) in [6, 6.07) is 8.64. The number of aromatic amines is 1. The number of H-pyrrole nitrogens is 1. The van der Waals surface area contributed by atoms with E-state index in [0.29, 0.717) is 27.8 Å². The van der Waals surface area contributed by atoms with Gasteiger partial charge in [0.05, 0.1) is 6.42 Å². The Kier molecular flexibility index (Phi) is 4.73. The van der Waals surface area contributed by atoms with Crippen LogP contribution in [0, 0.1) is 5.82 Å². The highest BCUT2D eigenvalue weighted by molar-refractivity contribution is 6.07. The van der Waals surface area contributed by atoms with E-state index < -0.39 is 11.9 Å². The van der Waals surface area contributed by atoms with Gasteiger partial charge in [-0.05, 0) is 42.3 Å². The average molecular weight is 434 g/mol. The van der Waals surface area contributed by atoms with Gasteiger partial charge in [-0.15, -0.1) is 0 Å². The maximum absolute atomic E-state index is 13.6. The first-order chi connectivity index (χ1) is 15.4. The molecule has 9 heteroatoms. The van der Waals surface area contributed by atoms with Crippen molar-refractivity contribution in [3.8, 4) is 0 Å². The van der Waals surface area contributed by atoms with Crippen LogP contribution in [0.1, 0.15) is 34.3 Å². The third-order valence-corrected chi connectivity index (χ3v) is 5.94. The van der Waals surface area contributed by atoms with Gasteiger partial charge in [-0.1, -0.05) is 6.07 Å². The Balaban J connectivity index is 1.35. The first kappa shape index (κ1) is 19.9. The second kappa shape index (κ2) is 7.60. The molecule has 3 heterocycles. The molecular formula is C23H19FN4O4. The van der Waals surface area contributed by atoms with E-state index in [1.807, 2.05) is 0 Å². The van der Waals surface area contributed by atoms with Gasteiger partial charge in [-0.25, -0.2) is 4.39 Å². The Morgan fingerprint density at radius 2 is 2.03 bits per heavy atom. The minimum Gasteiger partial charge on any atom is -0.361 e. The van der Waals surface area contributed by atoms with Crippen LogP contribution in [0.3, 0.4) is 0 Å². The topological polar surface area (TPSA) is 111 Å². The first-order valence-electron chi connectivity index (χ1n) is 10.2. The molecule has 5 rings (SSSR count). The zero-order chi connectivity index (χ0) is 22.4. The number of carbonyl (C=O) groups is 4. The minimum absolute atomic E-state index is 0.0257. The van der Waals surface area contributed by atoms with Gasteiger partial charge in [0.1, 0.15) is 11.9 Å². The molecule has 1 fully saturated rings. The van der Waals surface area contributed by atoms with Gasteiger partial charge in [0.15, 0.2) is 0 Å². The third kappa shape index (κ3) is 3.41. The standard InChI is InChI=1S/C23H19FN4O4/c24-13-4-5-17-15(9-13)12(10-25-17)8-21(30)26-18-3-1-2-14-16(18)11-28(23(14)32)19-6-7-20(29)27-22(19)31/h1-5,9-10,19,25H,6-8,11H2,(H,26,30)(H,27,29,31). The summed E-state index contributed by atoms with van der Waals surface area (Å²) in [7, 11) is 0. The number of anilines is 1. The molecule has 0 bridgehead atoms. The van der Waals surface area contributed by atoms with Crippen LogP contribution in [0.15, 0.2) is 42.6 Å². The van der Waals surface area contributed by atoms with Gasteiger partial charge in [0.2, 0.25) is 17.7 Å². The molecule has 1 unspecified atom stereocenters. The van der Waals surface area contributed by atoms with Gasteiger partial charge in [0, 0.05) is 46.9 Å². The number of benzene rings is 2. The molecule has 2 aromatic carbocycles. The summed E-state index contributed by atoms with van der Waals surface area (Å²) < 4.78 is 13.6. The quantitative estimate of drug-likeness (QED) is 0.547. The predicted octanol–water partition coefficient (Wildman–Crippen LogP) is 2.25. The molecule has 8 nitrogen and oxygen atoms in total. The second-order valence-electron chi connectivity index (χ2n) is 7.96. The molecule has 1 aromatic heterocycles. The van der Waals surface area contributed by atoms with Crippen LogP contribution in [0.5, 0.6) is 0 Å². The SMILES string of the molecule is O=C1CCC(N2Cc3c(NC(=O)Cc4c[nH]c5ccc(F)cc45)cccc3C2=O)C(=O)N1. The molecule has 162 valence electrons. The molecule has 1 atom stereocenters. The monoisotopic (exact) mass is 434 g/mol. The van der Waals surface area contributed by atoms with Crippen LogP contribution in [0.4, 0.5) is 10.1 Å². The number of halogens is 1. The number of hydrogen-bond donors (Lipinski definition) is 3. The van der Waals surface area contributed by atoms with E-state index >= 15 is 0 Å². The Morgan fingerprint density at radius 1 is 1.19 bits per heavy atom. The number of hydrogen-bond acceptors (Lipinski definition) is 4. The largest absolute Gasteiger partial charge is 0.361 e. The summed E-state index contributed by atoms with van der Waals surface area (Å²) in [5.41, 5.74) is 2.93. The molecule has 2 aliphatic heterocycles. The summed E-state index contributed by atoms with van der Waals surface area (Å²) in [5, 5.41) is 5.75. The lowest BCUT2D eigenvalue weighted by molar-refractivity contribution is -0.137. The van der Waals surface area contributed by atoms with Gasteiger partial charge in [-0.2, -0.15) is 0 Å². The molecule has 0 spiro atoms. The molecule has 0 radical (unpaired) electrons. The highest BCUT2D eigenvalue weighted by Gasteiger charge is 2.39. The number of imide groups is 1. The number of amides is 4. The molecule has 32 heavy (non-hydrogen) atoms. The van der Waals surface area contributed by atoms with Crippen molar-refractivity contribution in [1.29, 1.82) is 0 Å². The van der Waals surface area contributed by atoms with Gasteiger partial charge in [0.25, 0.3) is 5.91 Å². The summed E-state index contributed by atoms with van der Waals surface area (Å²) in [4.78, 5) is 53.8. The molecule has 3 aromatic rings. The van der Waals surface area contributed by atoms with Crippen molar-refractivity contribution in [2.45, 2.75) is 31.8 Å². The number of nitrogens with zero attached hydrogens (tertiary/aromatic N) is 1. The van der Waals surface area contributed by atoms with Crippen molar-refractivity contribution < 1.29 is 23.6 Å². The van der Waals surface area contributed by atoms with Crippen molar-refractivity contribution in [1.82, 2.24) is 15.2 Å². The van der Waals surface area contributed by atoms with Crippen LogP contribution < -0.4 is 10.6 Å². The fourth-order valence-corrected chi connectivity index (χ4v) is 4.37. The Hall–Kier alpha value is -4.01. The fraction of sp³-hybridized carbons (Fsp3) is 0.217. The number of aromatic nitrogens is 1. The van der Waals surface area contributed by atoms with Crippen LogP contribution >= 0.6 is 0 Å². The fourth-order valence-electron chi connectivity index (χ4n) is 4.37. The van der Waals surface area contributed by atoms with Crippen LogP contribution in [-0.2, 0) is 27.3 Å². The summed E-state index contributed by atoms with van der Waals surface area (Å²) in [6.07, 6.45) is 2.14. The lowest BCUT2D eigenvalue weighted by Gasteiger charge is -2.29. The van der Waals surface area contributed by atoms with Crippen molar-refractivity contribution >= 4 is 40.2 Å². The van der Waals surface area contributed by atoms with E-state index in [-0.39, 0.29) is 49.3 Å². The Labute approximate surface area is 181 Å². The van der Waals surface area contributed by atoms with Gasteiger partial charge in [-0.3, -0.25) is 24.5 Å². The van der Waals surface area contributed by atoms with E-state index in [0.717, 1.165) is 5.52 Å².